The van der Waals surface area contributed by atoms with Crippen LogP contribution in [0.1, 0.15) is 36.8 Å². The second kappa shape index (κ2) is 4.10. The van der Waals surface area contributed by atoms with Crippen molar-refractivity contribution in [2.75, 3.05) is 0 Å². The summed E-state index contributed by atoms with van der Waals surface area (Å²) < 4.78 is 7.67. The van der Waals surface area contributed by atoms with Gasteiger partial charge in [0.1, 0.15) is 17.5 Å². The van der Waals surface area contributed by atoms with Crippen LogP contribution in [0.15, 0.2) is 30.5 Å². The fraction of sp³-hybridized carbons (Fsp3) is 0.400. The number of aromatic nitrogens is 2. The summed E-state index contributed by atoms with van der Waals surface area (Å²) in [5, 5.41) is 14.7. The maximum atomic E-state index is 10.5. The Balaban J connectivity index is 2.01. The van der Waals surface area contributed by atoms with Gasteiger partial charge in [0, 0.05) is 25.2 Å². The van der Waals surface area contributed by atoms with E-state index in [0.717, 1.165) is 23.3 Å². The quantitative estimate of drug-likeness (QED) is 0.898. The fourth-order valence-corrected chi connectivity index (χ4v) is 2.59. The second-order valence-corrected chi connectivity index (χ2v) is 5.69. The molecule has 19 heavy (non-hydrogen) atoms. The van der Waals surface area contributed by atoms with E-state index in [0.29, 0.717) is 5.69 Å². The van der Waals surface area contributed by atoms with E-state index < -0.39 is 6.10 Å². The van der Waals surface area contributed by atoms with Gasteiger partial charge in [0.2, 0.25) is 0 Å². The lowest BCUT2D eigenvalue weighted by atomic mass is 9.98. The molecule has 2 heterocycles. The van der Waals surface area contributed by atoms with Gasteiger partial charge in [-0.2, -0.15) is 5.10 Å². The highest BCUT2D eigenvalue weighted by atomic mass is 16.5. The third kappa shape index (κ3) is 2.12. The molecule has 1 N–H and O–H groups in total. The second-order valence-electron chi connectivity index (χ2n) is 5.69. The normalized spacial score (nSPS) is 17.9. The molecule has 1 aromatic heterocycles. The molecule has 100 valence electrons. The number of nitrogens with zero attached hydrogens (tertiary/aromatic N) is 2. The van der Waals surface area contributed by atoms with Crippen molar-refractivity contribution in [1.29, 1.82) is 0 Å². The number of aliphatic hydroxyl groups excluding tert-OH is 1. The lowest BCUT2D eigenvalue weighted by molar-refractivity contribution is 0.131. The number of hydrogen-bond acceptors (Lipinski definition) is 3. The molecule has 0 aliphatic carbocycles. The van der Waals surface area contributed by atoms with E-state index >= 15 is 0 Å². The first kappa shape index (κ1) is 12.2. The average molecular weight is 258 g/mol. The van der Waals surface area contributed by atoms with Gasteiger partial charge >= 0.3 is 0 Å². The summed E-state index contributed by atoms with van der Waals surface area (Å²) in [6.45, 7) is 4.12. The third-order valence-corrected chi connectivity index (χ3v) is 3.43. The molecule has 1 unspecified atom stereocenters. The van der Waals surface area contributed by atoms with Crippen LogP contribution in [0.25, 0.3) is 0 Å². The number of para-hydroxylation sites is 1. The molecule has 2 aromatic rings. The van der Waals surface area contributed by atoms with Crippen LogP contribution < -0.4 is 4.74 Å². The summed E-state index contributed by atoms with van der Waals surface area (Å²) in [5.41, 5.74) is 2.38. The Labute approximate surface area is 112 Å². The zero-order valence-electron chi connectivity index (χ0n) is 11.4. The van der Waals surface area contributed by atoms with Crippen LogP contribution in [0.4, 0.5) is 0 Å². The molecule has 0 spiro atoms. The van der Waals surface area contributed by atoms with Crippen LogP contribution in [0.5, 0.6) is 5.75 Å². The largest absolute Gasteiger partial charge is 0.487 e. The predicted octanol–water partition coefficient (Wildman–Crippen LogP) is 2.22. The summed E-state index contributed by atoms with van der Waals surface area (Å²) in [7, 11) is 1.84. The summed E-state index contributed by atoms with van der Waals surface area (Å²) in [4.78, 5) is 0. The van der Waals surface area contributed by atoms with E-state index in [9.17, 15) is 5.11 Å². The maximum Gasteiger partial charge on any atom is 0.129 e. The molecule has 4 heteroatoms. The summed E-state index contributed by atoms with van der Waals surface area (Å²) >= 11 is 0. The van der Waals surface area contributed by atoms with Crippen molar-refractivity contribution < 1.29 is 9.84 Å². The van der Waals surface area contributed by atoms with Crippen molar-refractivity contribution in [3.05, 3.63) is 47.3 Å². The molecule has 0 fully saturated rings. The van der Waals surface area contributed by atoms with Crippen LogP contribution in [0.2, 0.25) is 0 Å². The number of aliphatic hydroxyl groups is 1. The number of fused-ring (bicyclic) bond motifs is 1. The fourth-order valence-electron chi connectivity index (χ4n) is 2.59. The van der Waals surface area contributed by atoms with E-state index in [4.69, 9.17) is 4.74 Å². The predicted molar refractivity (Wildman–Crippen MR) is 72.1 cm³/mol. The topological polar surface area (TPSA) is 47.3 Å². The minimum Gasteiger partial charge on any atom is -0.487 e. The van der Waals surface area contributed by atoms with Gasteiger partial charge in [-0.3, -0.25) is 4.68 Å². The number of hydrogen-bond donors (Lipinski definition) is 1. The molecule has 3 rings (SSSR count). The highest BCUT2D eigenvalue weighted by Gasteiger charge is 2.33. The van der Waals surface area contributed by atoms with Crippen LogP contribution >= 0.6 is 0 Å². The van der Waals surface area contributed by atoms with Gasteiger partial charge in [-0.1, -0.05) is 18.2 Å². The van der Waals surface area contributed by atoms with E-state index in [-0.39, 0.29) is 5.60 Å². The maximum absolute atomic E-state index is 10.5. The molecular weight excluding hydrogens is 240 g/mol. The molecule has 1 aromatic carbocycles. The molecule has 0 amide bonds. The van der Waals surface area contributed by atoms with Crippen LogP contribution in [0, 0.1) is 0 Å². The Kier molecular flexibility index (Phi) is 2.64. The molecule has 0 saturated heterocycles. The van der Waals surface area contributed by atoms with Crippen molar-refractivity contribution in [2.24, 2.45) is 7.05 Å². The lowest BCUT2D eigenvalue weighted by Crippen LogP contribution is -2.25. The number of rotatable bonds is 2. The van der Waals surface area contributed by atoms with Crippen molar-refractivity contribution in [3.63, 3.8) is 0 Å². The van der Waals surface area contributed by atoms with Gasteiger partial charge < -0.3 is 9.84 Å². The Morgan fingerprint density at radius 3 is 2.84 bits per heavy atom. The Hall–Kier alpha value is -1.81. The molecule has 1 aliphatic rings. The first-order valence-corrected chi connectivity index (χ1v) is 6.45. The smallest absolute Gasteiger partial charge is 0.129 e. The first-order chi connectivity index (χ1) is 8.96. The summed E-state index contributed by atoms with van der Waals surface area (Å²) in [6, 6.07) is 7.74. The van der Waals surface area contributed by atoms with E-state index in [1.807, 2.05) is 31.4 Å². The zero-order valence-corrected chi connectivity index (χ0v) is 11.4. The molecule has 1 atom stereocenters. The van der Waals surface area contributed by atoms with Crippen LogP contribution in [0.3, 0.4) is 0 Å². The van der Waals surface area contributed by atoms with E-state index in [1.54, 1.807) is 4.68 Å². The SMILES string of the molecule is Cn1ccc(C(O)c2cccc3c2OC(C)(C)C3)n1. The summed E-state index contributed by atoms with van der Waals surface area (Å²) in [6.07, 6.45) is 1.95. The number of benzene rings is 1. The molecule has 0 bridgehead atoms. The van der Waals surface area contributed by atoms with E-state index in [1.165, 1.54) is 0 Å². The van der Waals surface area contributed by atoms with Crippen molar-refractivity contribution in [2.45, 2.75) is 32.0 Å². The van der Waals surface area contributed by atoms with E-state index in [2.05, 4.69) is 25.0 Å². The lowest BCUT2D eigenvalue weighted by Gasteiger charge is -2.19. The number of aryl methyl sites for hydroxylation is 1. The molecule has 4 nitrogen and oxygen atoms in total. The van der Waals surface area contributed by atoms with Gasteiger partial charge in [0.25, 0.3) is 0 Å². The Bertz CT molecular complexity index is 616. The average Bonchev–Trinajstić information content (AvgIpc) is 2.89. The molecule has 0 radical (unpaired) electrons. The molecule has 0 saturated carbocycles. The van der Waals surface area contributed by atoms with Crippen LogP contribution in [-0.2, 0) is 13.5 Å². The highest BCUT2D eigenvalue weighted by Crippen LogP contribution is 2.41. The monoisotopic (exact) mass is 258 g/mol. The Morgan fingerprint density at radius 1 is 1.37 bits per heavy atom. The van der Waals surface area contributed by atoms with Crippen molar-refractivity contribution in [3.8, 4) is 5.75 Å². The molecule has 1 aliphatic heterocycles. The third-order valence-electron chi connectivity index (χ3n) is 3.43. The molecular formula is C15H18N2O2. The highest BCUT2D eigenvalue weighted by molar-refractivity contribution is 5.48. The minimum atomic E-state index is -0.745. The number of ether oxygens (including phenoxy) is 1. The minimum absolute atomic E-state index is 0.206. The van der Waals surface area contributed by atoms with Gasteiger partial charge in [0.15, 0.2) is 0 Å². The first-order valence-electron chi connectivity index (χ1n) is 6.45. The standard InChI is InChI=1S/C15H18N2O2/c1-15(2)9-10-5-4-6-11(14(10)19-15)13(18)12-7-8-17(3)16-12/h4-8,13,18H,9H2,1-3H3. The van der Waals surface area contributed by atoms with Gasteiger partial charge in [-0.25, -0.2) is 0 Å². The Morgan fingerprint density at radius 2 is 2.16 bits per heavy atom. The van der Waals surface area contributed by atoms with Gasteiger partial charge in [-0.15, -0.1) is 0 Å². The van der Waals surface area contributed by atoms with Gasteiger partial charge in [-0.05, 0) is 25.5 Å². The zero-order chi connectivity index (χ0) is 13.6. The van der Waals surface area contributed by atoms with Crippen molar-refractivity contribution >= 4 is 0 Å². The summed E-state index contributed by atoms with van der Waals surface area (Å²) in [5.74, 6) is 0.811. The van der Waals surface area contributed by atoms with Gasteiger partial charge in [0.05, 0.1) is 5.69 Å². The van der Waals surface area contributed by atoms with Crippen molar-refractivity contribution in [1.82, 2.24) is 9.78 Å². The van der Waals surface area contributed by atoms with Crippen LogP contribution in [-0.4, -0.2) is 20.5 Å².